The highest BCUT2D eigenvalue weighted by Crippen LogP contribution is 2.23. The minimum atomic E-state index is -0.447. The molecule has 5 nitrogen and oxygen atoms in total. The quantitative estimate of drug-likeness (QED) is 0.794. The van der Waals surface area contributed by atoms with Crippen molar-refractivity contribution in [1.29, 1.82) is 0 Å². The summed E-state index contributed by atoms with van der Waals surface area (Å²) >= 11 is 0. The van der Waals surface area contributed by atoms with Gasteiger partial charge in [0.05, 0.1) is 5.56 Å². The zero-order valence-electron chi connectivity index (χ0n) is 9.67. The monoisotopic (exact) mass is 235 g/mol. The fourth-order valence-electron chi connectivity index (χ4n) is 2.17. The zero-order valence-corrected chi connectivity index (χ0v) is 9.67. The van der Waals surface area contributed by atoms with Gasteiger partial charge in [0.1, 0.15) is 5.82 Å². The van der Waals surface area contributed by atoms with Crippen molar-refractivity contribution >= 4 is 11.7 Å². The molecule has 0 radical (unpaired) electrons. The Labute approximate surface area is 100 Å². The van der Waals surface area contributed by atoms with Gasteiger partial charge in [0.2, 0.25) is 0 Å². The van der Waals surface area contributed by atoms with E-state index in [0.29, 0.717) is 17.3 Å². The van der Waals surface area contributed by atoms with E-state index in [0.717, 1.165) is 25.9 Å². The molecule has 2 rings (SSSR count). The summed E-state index contributed by atoms with van der Waals surface area (Å²) in [5.74, 6) is 0.584. The lowest BCUT2D eigenvalue weighted by Gasteiger charge is -2.32. The summed E-state index contributed by atoms with van der Waals surface area (Å²) in [5, 5.41) is 9.08. The Morgan fingerprint density at radius 2 is 2.24 bits per heavy atom. The van der Waals surface area contributed by atoms with Gasteiger partial charge in [0.15, 0.2) is 0 Å². The van der Waals surface area contributed by atoms with Gasteiger partial charge in [0, 0.05) is 25.9 Å². The third-order valence-electron chi connectivity index (χ3n) is 3.22. The number of hydrogen-bond acceptors (Lipinski definition) is 4. The minimum absolute atomic E-state index is 0.235. The van der Waals surface area contributed by atoms with Crippen LogP contribution < -0.4 is 10.6 Å². The smallest absolute Gasteiger partial charge is 0.252 e. The van der Waals surface area contributed by atoms with Crippen molar-refractivity contribution in [2.24, 2.45) is 11.7 Å². The van der Waals surface area contributed by atoms with E-state index in [9.17, 15) is 4.79 Å². The van der Waals surface area contributed by atoms with E-state index in [1.165, 1.54) is 0 Å². The number of aromatic nitrogens is 1. The van der Waals surface area contributed by atoms with E-state index in [1.807, 2.05) is 0 Å². The SMILES string of the molecule is NC(=O)c1cccnc1N1CCC(CO)CC1. The lowest BCUT2D eigenvalue weighted by molar-refractivity contribution is 0.1000. The number of aliphatic hydroxyl groups excluding tert-OH is 1. The van der Waals surface area contributed by atoms with Crippen LogP contribution in [0, 0.1) is 5.92 Å². The summed E-state index contributed by atoms with van der Waals surface area (Å²) in [6, 6.07) is 3.41. The predicted octanol–water partition coefficient (Wildman–Crippen LogP) is 0.389. The molecule has 0 aliphatic carbocycles. The molecule has 1 saturated heterocycles. The van der Waals surface area contributed by atoms with Crippen molar-refractivity contribution in [1.82, 2.24) is 4.98 Å². The third kappa shape index (κ3) is 2.55. The van der Waals surface area contributed by atoms with Crippen LogP contribution in [0.15, 0.2) is 18.3 Å². The molecule has 0 saturated carbocycles. The van der Waals surface area contributed by atoms with Gasteiger partial charge in [0.25, 0.3) is 5.91 Å². The van der Waals surface area contributed by atoms with E-state index < -0.39 is 5.91 Å². The molecule has 1 amide bonds. The van der Waals surface area contributed by atoms with Crippen LogP contribution in [0.2, 0.25) is 0 Å². The number of carbonyl (C=O) groups is 1. The van der Waals surface area contributed by atoms with Crippen LogP contribution in [0.1, 0.15) is 23.2 Å². The highest BCUT2D eigenvalue weighted by molar-refractivity contribution is 5.97. The Bertz CT molecular complexity index is 400. The molecule has 0 aromatic carbocycles. The molecule has 1 fully saturated rings. The fourth-order valence-corrected chi connectivity index (χ4v) is 2.17. The van der Waals surface area contributed by atoms with Crippen molar-refractivity contribution in [3.05, 3.63) is 23.9 Å². The molecule has 2 heterocycles. The first-order valence-electron chi connectivity index (χ1n) is 5.83. The van der Waals surface area contributed by atoms with Gasteiger partial charge < -0.3 is 15.7 Å². The topological polar surface area (TPSA) is 79.5 Å². The van der Waals surface area contributed by atoms with Gasteiger partial charge in [-0.2, -0.15) is 0 Å². The van der Waals surface area contributed by atoms with E-state index in [1.54, 1.807) is 18.3 Å². The van der Waals surface area contributed by atoms with Crippen molar-refractivity contribution in [2.45, 2.75) is 12.8 Å². The normalized spacial score (nSPS) is 17.1. The number of aliphatic hydroxyl groups is 1. The maximum absolute atomic E-state index is 11.3. The van der Waals surface area contributed by atoms with Gasteiger partial charge in [-0.3, -0.25) is 4.79 Å². The standard InChI is InChI=1S/C12H17N3O2/c13-11(17)10-2-1-5-14-12(10)15-6-3-9(8-16)4-7-15/h1-2,5,9,16H,3-4,6-8H2,(H2,13,17). The molecule has 5 heteroatoms. The fraction of sp³-hybridized carbons (Fsp3) is 0.500. The van der Waals surface area contributed by atoms with Gasteiger partial charge in [-0.15, -0.1) is 0 Å². The van der Waals surface area contributed by atoms with Gasteiger partial charge in [-0.05, 0) is 30.9 Å². The molecule has 1 aromatic heterocycles. The Balaban J connectivity index is 2.15. The van der Waals surface area contributed by atoms with Crippen molar-refractivity contribution < 1.29 is 9.90 Å². The summed E-state index contributed by atoms with van der Waals surface area (Å²) < 4.78 is 0. The maximum atomic E-state index is 11.3. The Kier molecular flexibility index (Phi) is 3.58. The zero-order chi connectivity index (χ0) is 12.3. The second kappa shape index (κ2) is 5.14. The van der Waals surface area contributed by atoms with Crippen LogP contribution in [-0.2, 0) is 0 Å². The molecule has 0 unspecified atom stereocenters. The average Bonchev–Trinajstić information content (AvgIpc) is 2.39. The molecule has 92 valence electrons. The van der Waals surface area contributed by atoms with Gasteiger partial charge in [-0.1, -0.05) is 0 Å². The first kappa shape index (κ1) is 11.9. The van der Waals surface area contributed by atoms with Gasteiger partial charge in [-0.25, -0.2) is 4.98 Å². The number of anilines is 1. The minimum Gasteiger partial charge on any atom is -0.396 e. The average molecular weight is 235 g/mol. The van der Waals surface area contributed by atoms with Gasteiger partial charge >= 0.3 is 0 Å². The molecular weight excluding hydrogens is 218 g/mol. The largest absolute Gasteiger partial charge is 0.396 e. The Morgan fingerprint density at radius 3 is 2.82 bits per heavy atom. The van der Waals surface area contributed by atoms with Crippen molar-refractivity contribution in [3.63, 3.8) is 0 Å². The van der Waals surface area contributed by atoms with Crippen LogP contribution in [0.4, 0.5) is 5.82 Å². The number of amides is 1. The third-order valence-corrected chi connectivity index (χ3v) is 3.22. The molecule has 0 atom stereocenters. The highest BCUT2D eigenvalue weighted by Gasteiger charge is 2.22. The maximum Gasteiger partial charge on any atom is 0.252 e. The van der Waals surface area contributed by atoms with E-state index in [-0.39, 0.29) is 6.61 Å². The molecule has 1 aromatic rings. The Hall–Kier alpha value is -1.62. The molecule has 0 bridgehead atoms. The molecule has 1 aliphatic heterocycles. The van der Waals surface area contributed by atoms with E-state index in [2.05, 4.69) is 9.88 Å². The number of carbonyl (C=O) groups excluding carboxylic acids is 1. The number of pyridine rings is 1. The second-order valence-electron chi connectivity index (χ2n) is 4.35. The first-order chi connectivity index (χ1) is 8.22. The number of hydrogen-bond donors (Lipinski definition) is 2. The van der Waals surface area contributed by atoms with Crippen LogP contribution in [-0.4, -0.2) is 35.7 Å². The summed E-state index contributed by atoms with van der Waals surface area (Å²) in [5.41, 5.74) is 5.80. The van der Waals surface area contributed by atoms with Crippen LogP contribution >= 0.6 is 0 Å². The number of piperidine rings is 1. The molecule has 3 N–H and O–H groups in total. The Morgan fingerprint density at radius 1 is 1.53 bits per heavy atom. The number of rotatable bonds is 3. The summed E-state index contributed by atoms with van der Waals surface area (Å²) in [4.78, 5) is 17.6. The molecular formula is C12H17N3O2. The molecule has 1 aliphatic rings. The lowest BCUT2D eigenvalue weighted by Crippen LogP contribution is -2.36. The summed E-state index contributed by atoms with van der Waals surface area (Å²) in [6.07, 6.45) is 3.51. The highest BCUT2D eigenvalue weighted by atomic mass is 16.3. The lowest BCUT2D eigenvalue weighted by atomic mass is 9.97. The molecule has 0 spiro atoms. The number of nitrogens with zero attached hydrogens (tertiary/aromatic N) is 2. The van der Waals surface area contributed by atoms with Crippen LogP contribution in [0.25, 0.3) is 0 Å². The van der Waals surface area contributed by atoms with Crippen molar-refractivity contribution in [2.75, 3.05) is 24.6 Å². The number of primary amides is 1. The second-order valence-corrected chi connectivity index (χ2v) is 4.35. The summed E-state index contributed by atoms with van der Waals surface area (Å²) in [7, 11) is 0. The van der Waals surface area contributed by atoms with Crippen LogP contribution in [0.5, 0.6) is 0 Å². The molecule has 17 heavy (non-hydrogen) atoms. The number of nitrogens with two attached hydrogens (primary N) is 1. The summed E-state index contributed by atoms with van der Waals surface area (Å²) in [6.45, 7) is 1.85. The van der Waals surface area contributed by atoms with E-state index >= 15 is 0 Å². The predicted molar refractivity (Wildman–Crippen MR) is 64.8 cm³/mol. The van der Waals surface area contributed by atoms with E-state index in [4.69, 9.17) is 10.8 Å². The van der Waals surface area contributed by atoms with Crippen LogP contribution in [0.3, 0.4) is 0 Å². The first-order valence-corrected chi connectivity index (χ1v) is 5.83. The van der Waals surface area contributed by atoms with Crippen molar-refractivity contribution in [3.8, 4) is 0 Å².